The Morgan fingerprint density at radius 1 is 1.19 bits per heavy atom. The normalized spacial score (nSPS) is 11.3. The topological polar surface area (TPSA) is 129 Å². The second kappa shape index (κ2) is 8.25. The Hall–Kier alpha value is -3.62. The van der Waals surface area contributed by atoms with Gasteiger partial charge in [0.05, 0.1) is 5.56 Å². The average molecular weight is 426 g/mol. The zero-order valence-electron chi connectivity index (χ0n) is 18.2. The number of Topliss-reactive ketones (excluding diaryl/α,β-unsaturated/α-hetero) is 1. The molecule has 0 saturated heterocycles. The van der Waals surface area contributed by atoms with Gasteiger partial charge < -0.3 is 15.5 Å². The Kier molecular flexibility index (Phi) is 5.88. The van der Waals surface area contributed by atoms with Crippen LogP contribution in [0.3, 0.4) is 0 Å². The van der Waals surface area contributed by atoms with E-state index in [2.05, 4.69) is 4.98 Å². The summed E-state index contributed by atoms with van der Waals surface area (Å²) in [7, 11) is 1.28. The summed E-state index contributed by atoms with van der Waals surface area (Å²) in [6.07, 6.45) is 0. The van der Waals surface area contributed by atoms with Crippen LogP contribution in [-0.2, 0) is 18.3 Å². The summed E-state index contributed by atoms with van der Waals surface area (Å²) < 4.78 is 7.17. The SMILES string of the molecule is Cc1[nH]c2ccc(C(=O)OCC(=O)c3c(N)n(CC(C)C)c(=O)n(C)c3=O)cc2c1C. The van der Waals surface area contributed by atoms with Gasteiger partial charge in [-0.3, -0.25) is 18.7 Å². The highest BCUT2D eigenvalue weighted by Crippen LogP contribution is 2.22. The van der Waals surface area contributed by atoms with Crippen molar-refractivity contribution >= 4 is 28.5 Å². The minimum atomic E-state index is -0.816. The molecule has 0 fully saturated rings. The van der Waals surface area contributed by atoms with Crippen molar-refractivity contribution in [3.63, 3.8) is 0 Å². The fraction of sp³-hybridized carbons (Fsp3) is 0.364. The molecule has 0 aliphatic carbocycles. The van der Waals surface area contributed by atoms with Crippen LogP contribution in [0.5, 0.6) is 0 Å². The maximum absolute atomic E-state index is 12.7. The molecule has 164 valence electrons. The van der Waals surface area contributed by atoms with Crippen LogP contribution in [0.1, 0.15) is 45.8 Å². The summed E-state index contributed by atoms with van der Waals surface area (Å²) >= 11 is 0. The number of hydrogen-bond donors (Lipinski definition) is 2. The number of nitrogens with two attached hydrogens (primary N) is 1. The molecule has 3 rings (SSSR count). The Morgan fingerprint density at radius 2 is 1.87 bits per heavy atom. The largest absolute Gasteiger partial charge is 0.454 e. The van der Waals surface area contributed by atoms with Gasteiger partial charge in [-0.2, -0.15) is 0 Å². The van der Waals surface area contributed by atoms with Crippen molar-refractivity contribution in [3.05, 3.63) is 61.4 Å². The molecule has 0 aliphatic heterocycles. The molecule has 0 bridgehead atoms. The summed E-state index contributed by atoms with van der Waals surface area (Å²) in [4.78, 5) is 53.3. The number of carbonyl (C=O) groups is 2. The third kappa shape index (κ3) is 4.03. The number of rotatable bonds is 6. The summed E-state index contributed by atoms with van der Waals surface area (Å²) in [5.41, 5.74) is 7.41. The number of nitrogen functional groups attached to an aromatic ring is 1. The van der Waals surface area contributed by atoms with Crippen LogP contribution in [0.25, 0.3) is 10.9 Å². The number of ketones is 1. The van der Waals surface area contributed by atoms with E-state index in [1.54, 1.807) is 18.2 Å². The number of nitrogens with one attached hydrogen (secondary N) is 1. The van der Waals surface area contributed by atoms with Gasteiger partial charge in [0.2, 0.25) is 5.78 Å². The Labute approximate surface area is 178 Å². The highest BCUT2D eigenvalue weighted by molar-refractivity contribution is 6.02. The average Bonchev–Trinajstić information content (AvgIpc) is 3.01. The zero-order chi connectivity index (χ0) is 23.0. The van der Waals surface area contributed by atoms with Crippen LogP contribution >= 0.6 is 0 Å². The number of ether oxygens (including phenoxy) is 1. The molecule has 0 aliphatic rings. The van der Waals surface area contributed by atoms with Crippen molar-refractivity contribution in [2.24, 2.45) is 13.0 Å². The maximum Gasteiger partial charge on any atom is 0.338 e. The van der Waals surface area contributed by atoms with Gasteiger partial charge in [0.15, 0.2) is 6.61 Å². The van der Waals surface area contributed by atoms with Gasteiger partial charge in [0, 0.05) is 30.2 Å². The van der Waals surface area contributed by atoms with E-state index in [1.165, 1.54) is 11.6 Å². The van der Waals surface area contributed by atoms with E-state index in [0.717, 1.165) is 26.7 Å². The van der Waals surface area contributed by atoms with Crippen molar-refractivity contribution < 1.29 is 14.3 Å². The summed E-state index contributed by atoms with van der Waals surface area (Å²) in [6, 6.07) is 5.06. The number of aryl methyl sites for hydroxylation is 2. The summed E-state index contributed by atoms with van der Waals surface area (Å²) in [5, 5.41) is 0.886. The van der Waals surface area contributed by atoms with Gasteiger partial charge in [0.1, 0.15) is 11.4 Å². The quantitative estimate of drug-likeness (QED) is 0.458. The first-order chi connectivity index (χ1) is 14.5. The molecule has 9 nitrogen and oxygen atoms in total. The van der Waals surface area contributed by atoms with Gasteiger partial charge in [-0.1, -0.05) is 13.8 Å². The van der Waals surface area contributed by atoms with Gasteiger partial charge in [-0.15, -0.1) is 0 Å². The molecular formula is C22H26N4O5. The standard InChI is InChI=1S/C22H26N4O5/c1-11(2)9-26-19(23)18(20(28)25(5)22(26)30)17(27)10-31-21(29)14-6-7-16-15(8-14)12(3)13(4)24-16/h6-8,11,24H,9-10,23H2,1-5H3. The molecule has 0 unspecified atom stereocenters. The first-order valence-corrected chi connectivity index (χ1v) is 9.91. The van der Waals surface area contributed by atoms with Crippen LogP contribution in [0.15, 0.2) is 27.8 Å². The number of anilines is 1. The van der Waals surface area contributed by atoms with Gasteiger partial charge >= 0.3 is 11.7 Å². The third-order valence-electron chi connectivity index (χ3n) is 5.29. The Morgan fingerprint density at radius 3 is 2.52 bits per heavy atom. The van der Waals surface area contributed by atoms with E-state index in [9.17, 15) is 19.2 Å². The van der Waals surface area contributed by atoms with Crippen LogP contribution in [-0.4, -0.2) is 32.5 Å². The molecule has 9 heteroatoms. The molecule has 2 heterocycles. The molecule has 3 N–H and O–H groups in total. The lowest BCUT2D eigenvalue weighted by atomic mass is 10.1. The number of H-pyrrole nitrogens is 1. The number of benzene rings is 1. The molecule has 1 aromatic carbocycles. The van der Waals surface area contributed by atoms with Crippen LogP contribution in [0.2, 0.25) is 0 Å². The van der Waals surface area contributed by atoms with E-state index in [-0.39, 0.29) is 29.4 Å². The zero-order valence-corrected chi connectivity index (χ0v) is 18.2. The van der Waals surface area contributed by atoms with Crippen LogP contribution < -0.4 is 17.0 Å². The van der Waals surface area contributed by atoms with Crippen molar-refractivity contribution in [3.8, 4) is 0 Å². The fourth-order valence-electron chi connectivity index (χ4n) is 3.46. The lowest BCUT2D eigenvalue weighted by Gasteiger charge is -2.16. The number of aromatic amines is 1. The molecular weight excluding hydrogens is 400 g/mol. The van der Waals surface area contributed by atoms with Crippen molar-refractivity contribution in [2.45, 2.75) is 34.2 Å². The van der Waals surface area contributed by atoms with Crippen LogP contribution in [0.4, 0.5) is 5.82 Å². The highest BCUT2D eigenvalue weighted by Gasteiger charge is 2.23. The van der Waals surface area contributed by atoms with E-state index < -0.39 is 29.6 Å². The number of fused-ring (bicyclic) bond motifs is 1. The van der Waals surface area contributed by atoms with Gasteiger partial charge in [0.25, 0.3) is 5.56 Å². The fourth-order valence-corrected chi connectivity index (χ4v) is 3.46. The summed E-state index contributed by atoms with van der Waals surface area (Å²) in [5.74, 6) is -1.62. The van der Waals surface area contributed by atoms with Crippen LogP contribution in [0, 0.1) is 19.8 Å². The number of nitrogens with zero attached hydrogens (tertiary/aromatic N) is 2. The van der Waals surface area contributed by atoms with E-state index in [0.29, 0.717) is 0 Å². The molecule has 2 aromatic heterocycles. The predicted octanol–water partition coefficient (Wildman–Crippen LogP) is 1.92. The highest BCUT2D eigenvalue weighted by atomic mass is 16.5. The first-order valence-electron chi connectivity index (χ1n) is 9.91. The smallest absolute Gasteiger partial charge is 0.338 e. The van der Waals surface area contributed by atoms with Crippen molar-refractivity contribution in [2.75, 3.05) is 12.3 Å². The number of hydrogen-bond acceptors (Lipinski definition) is 6. The summed E-state index contributed by atoms with van der Waals surface area (Å²) in [6.45, 7) is 7.22. The van der Waals surface area contributed by atoms with Gasteiger partial charge in [-0.05, 0) is 43.5 Å². The first kappa shape index (κ1) is 22.1. The number of carbonyl (C=O) groups excluding carboxylic acids is 2. The second-order valence-electron chi connectivity index (χ2n) is 8.05. The minimum absolute atomic E-state index is 0.0636. The predicted molar refractivity (Wildman–Crippen MR) is 118 cm³/mol. The monoisotopic (exact) mass is 426 g/mol. The Bertz CT molecular complexity index is 1310. The van der Waals surface area contributed by atoms with Gasteiger partial charge in [-0.25, -0.2) is 9.59 Å². The molecule has 31 heavy (non-hydrogen) atoms. The van der Waals surface area contributed by atoms with Crippen molar-refractivity contribution in [1.29, 1.82) is 0 Å². The number of esters is 1. The minimum Gasteiger partial charge on any atom is -0.454 e. The number of aromatic nitrogens is 3. The van der Waals surface area contributed by atoms with E-state index >= 15 is 0 Å². The maximum atomic E-state index is 12.7. The lowest BCUT2D eigenvalue weighted by Crippen LogP contribution is -2.43. The molecule has 0 radical (unpaired) electrons. The molecule has 3 aromatic rings. The second-order valence-corrected chi connectivity index (χ2v) is 8.05. The van der Waals surface area contributed by atoms with Crippen molar-refractivity contribution in [1.82, 2.24) is 14.1 Å². The third-order valence-corrected chi connectivity index (χ3v) is 5.29. The Balaban J connectivity index is 1.86. The van der Waals surface area contributed by atoms with E-state index in [4.69, 9.17) is 10.5 Å². The molecule has 0 spiro atoms. The lowest BCUT2D eigenvalue weighted by molar-refractivity contribution is 0.0474. The molecule has 0 amide bonds. The molecule has 0 saturated carbocycles. The van der Waals surface area contributed by atoms with E-state index in [1.807, 2.05) is 27.7 Å². The molecule has 0 atom stereocenters.